The molecule has 39 heavy (non-hydrogen) atoms. The molecule has 0 spiro atoms. The summed E-state index contributed by atoms with van der Waals surface area (Å²) in [6.07, 6.45) is 3.76. The summed E-state index contributed by atoms with van der Waals surface area (Å²) < 4.78 is 12.6. The first-order chi connectivity index (χ1) is 18.8. The second kappa shape index (κ2) is 10.9. The quantitative estimate of drug-likeness (QED) is 0.253. The van der Waals surface area contributed by atoms with Gasteiger partial charge in [-0.25, -0.2) is 9.79 Å². The number of ether oxygens (including phenoxy) is 2. The number of methoxy groups -OCH3 is 1. The van der Waals surface area contributed by atoms with Crippen molar-refractivity contribution in [1.82, 2.24) is 4.57 Å². The molecular weight excluding hydrogens is 520 g/mol. The molecule has 5 rings (SSSR count). The lowest BCUT2D eigenvalue weighted by Gasteiger charge is -2.25. The number of carbonyl (C=O) groups excluding carboxylic acids is 1. The predicted octanol–water partition coefficient (Wildman–Crippen LogP) is 3.32. The van der Waals surface area contributed by atoms with Crippen LogP contribution in [0, 0.1) is 10.1 Å². The van der Waals surface area contributed by atoms with Crippen molar-refractivity contribution in [3.8, 4) is 5.75 Å². The summed E-state index contributed by atoms with van der Waals surface area (Å²) >= 11 is 1.18. The second-order valence-corrected chi connectivity index (χ2v) is 10.3. The van der Waals surface area contributed by atoms with Crippen LogP contribution in [0.15, 0.2) is 63.5 Å². The van der Waals surface area contributed by atoms with Crippen molar-refractivity contribution >= 4 is 34.8 Å². The van der Waals surface area contributed by atoms with Gasteiger partial charge in [-0.1, -0.05) is 23.5 Å². The predicted molar refractivity (Wildman–Crippen MR) is 148 cm³/mol. The van der Waals surface area contributed by atoms with Gasteiger partial charge in [0, 0.05) is 36.5 Å². The number of fused-ring (bicyclic) bond motifs is 1. The number of nitro benzene ring substituents is 1. The van der Waals surface area contributed by atoms with Crippen LogP contribution in [0.5, 0.6) is 5.75 Å². The number of nitro groups is 1. The molecule has 1 aromatic heterocycles. The molecule has 0 saturated carbocycles. The van der Waals surface area contributed by atoms with E-state index < -0.39 is 16.9 Å². The van der Waals surface area contributed by atoms with E-state index in [0.29, 0.717) is 31.9 Å². The second-order valence-electron chi connectivity index (χ2n) is 9.27. The minimum atomic E-state index is -0.777. The number of anilines is 1. The molecule has 2 aliphatic heterocycles. The largest absolute Gasteiger partial charge is 0.497 e. The average molecular weight is 549 g/mol. The number of nitrogens with zero attached hydrogens (tertiary/aromatic N) is 4. The fourth-order valence-corrected chi connectivity index (χ4v) is 6.11. The van der Waals surface area contributed by atoms with Crippen LogP contribution >= 0.6 is 11.3 Å². The van der Waals surface area contributed by atoms with Gasteiger partial charge < -0.3 is 14.4 Å². The summed E-state index contributed by atoms with van der Waals surface area (Å²) in [6, 6.07) is 11.2. The summed E-state index contributed by atoms with van der Waals surface area (Å²) in [5.74, 6) is 0.0372. The fraction of sp³-hybridized carbons (Fsp3) is 0.321. The van der Waals surface area contributed by atoms with E-state index in [-0.39, 0.29) is 23.4 Å². The molecule has 0 amide bonds. The van der Waals surface area contributed by atoms with Crippen molar-refractivity contribution < 1.29 is 19.2 Å². The van der Waals surface area contributed by atoms with Crippen molar-refractivity contribution in [2.75, 3.05) is 31.7 Å². The van der Waals surface area contributed by atoms with Crippen molar-refractivity contribution in [2.45, 2.75) is 32.7 Å². The Bertz CT molecular complexity index is 1670. The molecule has 0 N–H and O–H groups in total. The molecule has 1 saturated heterocycles. The first kappa shape index (κ1) is 26.4. The maximum Gasteiger partial charge on any atom is 0.338 e. The highest BCUT2D eigenvalue weighted by Crippen LogP contribution is 2.33. The Morgan fingerprint density at radius 2 is 2.00 bits per heavy atom. The first-order valence-corrected chi connectivity index (χ1v) is 13.5. The molecule has 0 radical (unpaired) electrons. The van der Waals surface area contributed by atoms with E-state index in [1.54, 1.807) is 51.3 Å². The molecule has 3 heterocycles. The smallest absolute Gasteiger partial charge is 0.338 e. The van der Waals surface area contributed by atoms with E-state index in [0.717, 1.165) is 31.6 Å². The molecule has 0 unspecified atom stereocenters. The van der Waals surface area contributed by atoms with Gasteiger partial charge >= 0.3 is 5.97 Å². The highest BCUT2D eigenvalue weighted by Gasteiger charge is 2.33. The van der Waals surface area contributed by atoms with Crippen LogP contribution in [0.1, 0.15) is 43.9 Å². The Kier molecular flexibility index (Phi) is 7.34. The molecule has 0 aliphatic carbocycles. The molecule has 3 aromatic rings. The van der Waals surface area contributed by atoms with Gasteiger partial charge in [0.1, 0.15) is 5.75 Å². The summed E-state index contributed by atoms with van der Waals surface area (Å²) in [7, 11) is 1.55. The molecule has 2 aromatic carbocycles. The van der Waals surface area contributed by atoms with Crippen LogP contribution in [0.3, 0.4) is 0 Å². The lowest BCUT2D eigenvalue weighted by molar-refractivity contribution is -0.384. The summed E-state index contributed by atoms with van der Waals surface area (Å²) in [5.41, 5.74) is 2.45. The number of esters is 1. The normalized spacial score (nSPS) is 17.2. The number of non-ortho nitro benzene ring substituents is 1. The van der Waals surface area contributed by atoms with Gasteiger partial charge in [0.15, 0.2) is 4.80 Å². The topological polar surface area (TPSA) is 116 Å². The third kappa shape index (κ3) is 4.97. The van der Waals surface area contributed by atoms with Crippen LogP contribution in [0.2, 0.25) is 0 Å². The lowest BCUT2D eigenvalue weighted by Crippen LogP contribution is -2.40. The number of benzene rings is 2. The number of rotatable bonds is 7. The first-order valence-electron chi connectivity index (χ1n) is 12.7. The van der Waals surface area contributed by atoms with Gasteiger partial charge in [-0.05, 0) is 56.5 Å². The highest BCUT2D eigenvalue weighted by atomic mass is 32.1. The Hall–Kier alpha value is -4.25. The molecule has 2 aliphatic rings. The van der Waals surface area contributed by atoms with E-state index in [1.807, 2.05) is 6.07 Å². The van der Waals surface area contributed by atoms with Crippen LogP contribution in [0.25, 0.3) is 6.08 Å². The minimum Gasteiger partial charge on any atom is -0.497 e. The zero-order valence-corrected chi connectivity index (χ0v) is 22.7. The maximum atomic E-state index is 14.0. The van der Waals surface area contributed by atoms with E-state index in [2.05, 4.69) is 9.89 Å². The average Bonchev–Trinajstić information content (AvgIpc) is 3.56. The highest BCUT2D eigenvalue weighted by molar-refractivity contribution is 7.07. The molecule has 10 nitrogen and oxygen atoms in total. The van der Waals surface area contributed by atoms with Crippen molar-refractivity contribution in [2.24, 2.45) is 4.99 Å². The zero-order chi connectivity index (χ0) is 27.7. The fourth-order valence-electron chi connectivity index (χ4n) is 5.08. The number of carbonyl (C=O) groups is 1. The van der Waals surface area contributed by atoms with Crippen molar-refractivity contribution in [1.29, 1.82) is 0 Å². The molecule has 0 bridgehead atoms. The Balaban J connectivity index is 1.73. The standard InChI is InChI=1S/C28H28N4O6S/c1-4-38-27(34)24-17(2)29-28-31(25(24)18-8-7-9-21(15-18)37-3)26(33)23(39-28)16-19-14-20(32(35)36)10-11-22(19)30-12-5-6-13-30/h7-11,14-16,25H,4-6,12-13H2,1-3H3/b23-16+/t25-/m0/s1. The van der Waals surface area contributed by atoms with Gasteiger partial charge in [0.2, 0.25) is 0 Å². The van der Waals surface area contributed by atoms with E-state index in [4.69, 9.17) is 9.47 Å². The Morgan fingerprint density at radius 3 is 2.69 bits per heavy atom. The molecule has 1 fully saturated rings. The number of allylic oxidation sites excluding steroid dienone is 1. The zero-order valence-electron chi connectivity index (χ0n) is 21.9. The monoisotopic (exact) mass is 548 g/mol. The van der Waals surface area contributed by atoms with Crippen LogP contribution < -0.4 is 24.5 Å². The third-order valence-corrected chi connectivity index (χ3v) is 7.86. The van der Waals surface area contributed by atoms with Crippen LogP contribution in [-0.4, -0.2) is 42.3 Å². The lowest BCUT2D eigenvalue weighted by atomic mass is 9.95. The number of hydrogen-bond acceptors (Lipinski definition) is 9. The van der Waals surface area contributed by atoms with Crippen molar-refractivity contribution in [3.05, 3.63) is 94.7 Å². The van der Waals surface area contributed by atoms with Gasteiger partial charge in [0.25, 0.3) is 11.2 Å². The number of thiazole rings is 1. The molecule has 11 heteroatoms. The summed E-state index contributed by atoms with van der Waals surface area (Å²) in [6.45, 7) is 5.32. The third-order valence-electron chi connectivity index (χ3n) is 6.88. The van der Waals surface area contributed by atoms with Gasteiger partial charge in [-0.3, -0.25) is 19.5 Å². The number of hydrogen-bond donors (Lipinski definition) is 0. The minimum absolute atomic E-state index is 0.0494. The molecular formula is C28H28N4O6S. The van der Waals surface area contributed by atoms with Crippen LogP contribution in [-0.2, 0) is 9.53 Å². The van der Waals surface area contributed by atoms with E-state index in [9.17, 15) is 19.7 Å². The van der Waals surface area contributed by atoms with Gasteiger partial charge in [-0.2, -0.15) is 0 Å². The Morgan fingerprint density at radius 1 is 1.23 bits per heavy atom. The number of aromatic nitrogens is 1. The van der Waals surface area contributed by atoms with Crippen LogP contribution in [0.4, 0.5) is 11.4 Å². The van der Waals surface area contributed by atoms with E-state index in [1.165, 1.54) is 28.0 Å². The SMILES string of the molecule is CCOC(=O)C1=C(C)N=c2s/c(=C/c3cc([N+](=O)[O-])ccc3N3CCCC3)c(=O)n2[C@H]1c1cccc(OC)c1. The van der Waals surface area contributed by atoms with Crippen molar-refractivity contribution in [3.63, 3.8) is 0 Å². The molecule has 202 valence electrons. The van der Waals surface area contributed by atoms with Gasteiger partial charge in [-0.15, -0.1) is 0 Å². The van der Waals surface area contributed by atoms with E-state index >= 15 is 0 Å². The van der Waals surface area contributed by atoms with Gasteiger partial charge in [0.05, 0.1) is 40.5 Å². The Labute approximate surface area is 228 Å². The molecule has 1 atom stereocenters. The maximum absolute atomic E-state index is 14.0. The summed E-state index contributed by atoms with van der Waals surface area (Å²) in [4.78, 5) is 45.4. The summed E-state index contributed by atoms with van der Waals surface area (Å²) in [5, 5.41) is 11.5.